The lowest BCUT2D eigenvalue weighted by Crippen LogP contribution is -2.32. The summed E-state index contributed by atoms with van der Waals surface area (Å²) < 4.78 is 19.6. The number of hydrogen-bond acceptors (Lipinski definition) is 6. The number of thiazole rings is 1. The summed E-state index contributed by atoms with van der Waals surface area (Å²) in [6.45, 7) is 7.04. The molecular weight excluding hydrogens is 509 g/mol. The van der Waals surface area contributed by atoms with E-state index in [1.807, 2.05) is 6.92 Å². The van der Waals surface area contributed by atoms with Crippen molar-refractivity contribution < 1.29 is 28.6 Å². The van der Waals surface area contributed by atoms with Crippen LogP contribution in [0.25, 0.3) is 10.6 Å². The fourth-order valence-corrected chi connectivity index (χ4v) is 4.36. The van der Waals surface area contributed by atoms with Crippen LogP contribution in [-0.2, 0) is 22.5 Å². The number of amides is 2. The summed E-state index contributed by atoms with van der Waals surface area (Å²) in [7, 11) is 0. The summed E-state index contributed by atoms with van der Waals surface area (Å²) in [5.41, 5.74) is 1.71. The van der Waals surface area contributed by atoms with E-state index in [0.29, 0.717) is 27.4 Å². The fourth-order valence-electron chi connectivity index (χ4n) is 3.23. The van der Waals surface area contributed by atoms with Crippen LogP contribution in [0.1, 0.15) is 48.0 Å². The van der Waals surface area contributed by atoms with Crippen LogP contribution in [0.2, 0.25) is 4.34 Å². The molecule has 0 aliphatic heterocycles. The van der Waals surface area contributed by atoms with E-state index in [0.717, 1.165) is 16.9 Å². The summed E-state index contributed by atoms with van der Waals surface area (Å²) in [6, 6.07) is 9.19. The summed E-state index contributed by atoms with van der Waals surface area (Å²) in [6.07, 6.45) is -0.905. The molecule has 0 radical (unpaired) electrons. The fraction of sp³-hybridized carbons (Fsp3) is 0.280. The maximum absolute atomic E-state index is 14.3. The van der Waals surface area contributed by atoms with Gasteiger partial charge in [-0.2, -0.15) is 0 Å². The van der Waals surface area contributed by atoms with Crippen molar-refractivity contribution in [2.75, 3.05) is 5.32 Å². The Hall–Kier alpha value is -3.50. The van der Waals surface area contributed by atoms with E-state index < -0.39 is 29.4 Å². The van der Waals surface area contributed by atoms with E-state index in [1.54, 1.807) is 45.0 Å². The topological polar surface area (TPSA) is 118 Å². The molecule has 0 bridgehead atoms. The van der Waals surface area contributed by atoms with Crippen molar-refractivity contribution in [1.82, 2.24) is 10.3 Å². The molecule has 1 aromatic heterocycles. The smallest absolute Gasteiger partial charge is 0.407 e. The number of carbonyl (C=O) groups is 3. The first-order valence-corrected chi connectivity index (χ1v) is 12.1. The Balaban J connectivity index is 1.81. The predicted molar refractivity (Wildman–Crippen MR) is 136 cm³/mol. The second kappa shape index (κ2) is 11.0. The zero-order chi connectivity index (χ0) is 26.6. The number of benzene rings is 2. The lowest BCUT2D eigenvalue weighted by molar-refractivity contribution is -0.136. The number of aryl methyl sites for hydroxylation is 1. The molecule has 11 heteroatoms. The normalized spacial score (nSPS) is 11.2. The quantitative estimate of drug-likeness (QED) is 0.352. The minimum atomic E-state index is -1.04. The predicted octanol–water partition coefficient (Wildman–Crippen LogP) is 5.82. The molecule has 2 amide bonds. The Kier molecular flexibility index (Phi) is 8.31. The van der Waals surface area contributed by atoms with Crippen LogP contribution in [0.5, 0.6) is 0 Å². The summed E-state index contributed by atoms with van der Waals surface area (Å²) in [5.74, 6) is -2.21. The largest absolute Gasteiger partial charge is 0.481 e. The number of alkyl carbamates (subject to hydrolysis) is 1. The number of nitrogens with zero attached hydrogens (tertiary/aromatic N) is 1. The van der Waals surface area contributed by atoms with Gasteiger partial charge in [0.1, 0.15) is 20.8 Å². The van der Waals surface area contributed by atoms with Crippen LogP contribution < -0.4 is 10.6 Å². The molecule has 0 unspecified atom stereocenters. The lowest BCUT2D eigenvalue weighted by Gasteiger charge is -2.19. The first-order chi connectivity index (χ1) is 16.8. The number of carboxylic acids is 1. The molecule has 3 aromatic rings. The van der Waals surface area contributed by atoms with Gasteiger partial charge >= 0.3 is 12.1 Å². The third kappa shape index (κ3) is 7.50. The summed E-state index contributed by atoms with van der Waals surface area (Å²) in [4.78, 5) is 40.3. The van der Waals surface area contributed by atoms with Crippen molar-refractivity contribution in [3.05, 3.63) is 68.9 Å². The number of halogens is 2. The third-order valence-corrected chi connectivity index (χ3v) is 6.00. The van der Waals surface area contributed by atoms with Crippen molar-refractivity contribution >= 4 is 46.6 Å². The van der Waals surface area contributed by atoms with Gasteiger partial charge in [-0.3, -0.25) is 9.59 Å². The molecule has 36 heavy (non-hydrogen) atoms. The van der Waals surface area contributed by atoms with Gasteiger partial charge in [0.15, 0.2) is 5.69 Å². The van der Waals surface area contributed by atoms with Crippen molar-refractivity contribution in [2.24, 2.45) is 0 Å². The van der Waals surface area contributed by atoms with Crippen molar-refractivity contribution in [2.45, 2.75) is 46.3 Å². The van der Waals surface area contributed by atoms with Gasteiger partial charge in [0, 0.05) is 17.8 Å². The van der Waals surface area contributed by atoms with E-state index in [9.17, 15) is 18.8 Å². The van der Waals surface area contributed by atoms with E-state index in [-0.39, 0.29) is 23.0 Å². The van der Waals surface area contributed by atoms with Gasteiger partial charge in [-0.05, 0) is 68.7 Å². The van der Waals surface area contributed by atoms with Crippen LogP contribution in [0, 0.1) is 12.7 Å². The number of carboxylic acid groups (broad SMARTS) is 1. The molecule has 0 aliphatic carbocycles. The first-order valence-electron chi connectivity index (χ1n) is 10.9. The van der Waals surface area contributed by atoms with Crippen LogP contribution in [-0.4, -0.2) is 33.7 Å². The zero-order valence-electron chi connectivity index (χ0n) is 20.1. The number of hydrogen-bond donors (Lipinski definition) is 3. The Bertz CT molecular complexity index is 1320. The molecule has 8 nitrogen and oxygen atoms in total. The Labute approximate surface area is 216 Å². The van der Waals surface area contributed by atoms with E-state index in [2.05, 4.69) is 15.6 Å². The molecule has 0 aliphatic rings. The van der Waals surface area contributed by atoms with Crippen LogP contribution in [0.3, 0.4) is 0 Å². The average Bonchev–Trinajstić information content (AvgIpc) is 3.14. The molecule has 0 atom stereocenters. The average molecular weight is 534 g/mol. The maximum Gasteiger partial charge on any atom is 0.407 e. The van der Waals surface area contributed by atoms with Gasteiger partial charge in [0.25, 0.3) is 5.91 Å². The molecule has 2 aromatic carbocycles. The monoisotopic (exact) mass is 533 g/mol. The van der Waals surface area contributed by atoms with Crippen molar-refractivity contribution in [3.63, 3.8) is 0 Å². The molecule has 3 N–H and O–H groups in total. The number of anilines is 1. The maximum atomic E-state index is 14.3. The van der Waals surface area contributed by atoms with Gasteiger partial charge in [-0.1, -0.05) is 23.7 Å². The third-order valence-electron chi connectivity index (χ3n) is 4.70. The van der Waals surface area contributed by atoms with Crippen molar-refractivity contribution in [3.8, 4) is 10.6 Å². The summed E-state index contributed by atoms with van der Waals surface area (Å²) in [5, 5.41) is 14.7. The van der Waals surface area contributed by atoms with Gasteiger partial charge in [0.2, 0.25) is 0 Å². The number of ether oxygens (including phenoxy) is 1. The van der Waals surface area contributed by atoms with Gasteiger partial charge < -0.3 is 20.5 Å². The highest BCUT2D eigenvalue weighted by molar-refractivity contribution is 7.19. The number of carbonyl (C=O) groups excluding carboxylic acids is 2. The minimum Gasteiger partial charge on any atom is -0.481 e. The first kappa shape index (κ1) is 27.1. The highest BCUT2D eigenvalue weighted by Gasteiger charge is 2.21. The van der Waals surface area contributed by atoms with Crippen LogP contribution in [0.4, 0.5) is 14.9 Å². The Morgan fingerprint density at radius 2 is 1.89 bits per heavy atom. The number of aliphatic carboxylic acids is 1. The molecular formula is C25H25ClFN3O5S. The highest BCUT2D eigenvalue weighted by atomic mass is 35.5. The molecule has 0 saturated carbocycles. The van der Waals surface area contributed by atoms with Gasteiger partial charge in [-0.25, -0.2) is 14.2 Å². The molecule has 0 spiro atoms. The van der Waals surface area contributed by atoms with E-state index >= 15 is 0 Å². The molecule has 1 heterocycles. The van der Waals surface area contributed by atoms with E-state index in [4.69, 9.17) is 21.4 Å². The molecule has 3 rings (SSSR count). The molecule has 0 saturated heterocycles. The van der Waals surface area contributed by atoms with Crippen LogP contribution >= 0.6 is 22.9 Å². The SMILES string of the molecule is Cc1ccc(CC(=O)O)c(NC(=O)c2nc(-c3cc(F)cc(CNC(=O)OC(C)(C)C)c3)sc2Cl)c1. The second-order valence-electron chi connectivity index (χ2n) is 9.03. The Morgan fingerprint density at radius 3 is 2.56 bits per heavy atom. The molecule has 0 fully saturated rings. The van der Waals surface area contributed by atoms with Crippen molar-refractivity contribution in [1.29, 1.82) is 0 Å². The standard InChI is InChI=1S/C25H25ClFN3O5S/c1-13-5-6-15(11-19(31)32)18(7-13)29-22(33)20-21(26)36-23(30-20)16-8-14(9-17(27)10-16)12-28-24(34)35-25(2,3)4/h5-10H,11-12H2,1-4H3,(H,28,34)(H,29,33)(H,31,32). The number of rotatable bonds is 7. The van der Waals surface area contributed by atoms with Gasteiger partial charge in [-0.15, -0.1) is 11.3 Å². The highest BCUT2D eigenvalue weighted by Crippen LogP contribution is 2.33. The second-order valence-corrected chi connectivity index (χ2v) is 10.6. The lowest BCUT2D eigenvalue weighted by atomic mass is 10.1. The summed E-state index contributed by atoms with van der Waals surface area (Å²) >= 11 is 7.28. The minimum absolute atomic E-state index is 0.0197. The Morgan fingerprint density at radius 1 is 1.17 bits per heavy atom. The molecule has 190 valence electrons. The van der Waals surface area contributed by atoms with Gasteiger partial charge in [0.05, 0.1) is 6.42 Å². The van der Waals surface area contributed by atoms with Crippen LogP contribution in [0.15, 0.2) is 36.4 Å². The zero-order valence-corrected chi connectivity index (χ0v) is 21.6. The number of aromatic nitrogens is 1. The number of nitrogens with one attached hydrogen (secondary N) is 2. The van der Waals surface area contributed by atoms with E-state index in [1.165, 1.54) is 12.1 Å².